The zero-order valence-electron chi connectivity index (χ0n) is 11.6. The molecule has 0 aromatic heterocycles. The lowest BCUT2D eigenvalue weighted by Gasteiger charge is -2.19. The van der Waals surface area contributed by atoms with E-state index in [2.05, 4.69) is 15.3 Å². The summed E-state index contributed by atoms with van der Waals surface area (Å²) < 4.78 is 5.00. The highest BCUT2D eigenvalue weighted by Crippen LogP contribution is 2.17. The maximum absolute atomic E-state index is 11.7. The van der Waals surface area contributed by atoms with Crippen molar-refractivity contribution in [2.75, 3.05) is 6.54 Å². The third kappa shape index (κ3) is 5.37. The molecule has 1 aromatic carbocycles. The minimum atomic E-state index is -0.712. The number of ether oxygens (including phenoxy) is 1. The van der Waals surface area contributed by atoms with Crippen LogP contribution in [0.4, 0.5) is 10.5 Å². The van der Waals surface area contributed by atoms with Crippen LogP contribution in [0.3, 0.4) is 0 Å². The van der Waals surface area contributed by atoms with E-state index in [4.69, 9.17) is 10.3 Å². The van der Waals surface area contributed by atoms with Crippen LogP contribution in [0.25, 0.3) is 10.4 Å². The molecule has 9 heteroatoms. The van der Waals surface area contributed by atoms with E-state index in [0.717, 1.165) is 0 Å². The molecule has 0 aliphatic carbocycles. The molecule has 0 radical (unpaired) electrons. The summed E-state index contributed by atoms with van der Waals surface area (Å²) in [6.45, 7) is 3.84. The normalized spacial score (nSPS) is 11.4. The summed E-state index contributed by atoms with van der Waals surface area (Å²) in [4.78, 5) is 24.3. The fourth-order valence-electron chi connectivity index (χ4n) is 1.47. The highest BCUT2D eigenvalue weighted by Gasteiger charge is 2.17. The van der Waals surface area contributed by atoms with Crippen LogP contribution in [-0.4, -0.2) is 23.6 Å². The number of nitrogens with zero attached hydrogens (tertiary/aromatic N) is 4. The molecule has 0 aliphatic heterocycles. The number of nitro groups is 1. The van der Waals surface area contributed by atoms with Gasteiger partial charge in [-0.3, -0.25) is 10.1 Å². The van der Waals surface area contributed by atoms with Gasteiger partial charge in [0.25, 0.3) is 5.69 Å². The minimum absolute atomic E-state index is 0.0555. The van der Waals surface area contributed by atoms with Crippen LogP contribution in [-0.2, 0) is 0 Å². The summed E-state index contributed by atoms with van der Waals surface area (Å²) in [7, 11) is 0. The monoisotopic (exact) mass is 293 g/mol. The molecule has 1 rings (SSSR count). The van der Waals surface area contributed by atoms with Crippen molar-refractivity contribution < 1.29 is 14.5 Å². The number of nitro benzene ring substituents is 1. The molecule has 0 saturated carbocycles. The van der Waals surface area contributed by atoms with Gasteiger partial charge in [-0.05, 0) is 23.6 Å². The van der Waals surface area contributed by atoms with Crippen LogP contribution in [0.2, 0.25) is 0 Å². The number of azide groups is 1. The average molecular weight is 293 g/mol. The molecule has 21 heavy (non-hydrogen) atoms. The molecule has 112 valence electrons. The van der Waals surface area contributed by atoms with E-state index in [1.807, 2.05) is 13.8 Å². The van der Waals surface area contributed by atoms with Crippen molar-refractivity contribution in [3.05, 3.63) is 44.8 Å². The van der Waals surface area contributed by atoms with Gasteiger partial charge in [-0.1, -0.05) is 19.0 Å². The Morgan fingerprint density at radius 1 is 1.48 bits per heavy atom. The number of benzene rings is 1. The zero-order chi connectivity index (χ0) is 15.8. The van der Waals surface area contributed by atoms with Gasteiger partial charge in [-0.2, -0.15) is 0 Å². The van der Waals surface area contributed by atoms with E-state index in [-0.39, 0.29) is 29.9 Å². The van der Waals surface area contributed by atoms with Crippen LogP contribution in [0, 0.1) is 16.0 Å². The Hall–Kier alpha value is -2.80. The lowest BCUT2D eigenvalue weighted by atomic mass is 10.1. The molecule has 1 N–H and O–H groups in total. The molecule has 1 atom stereocenters. The molecule has 0 heterocycles. The molecule has 0 unspecified atom stereocenters. The van der Waals surface area contributed by atoms with Gasteiger partial charge in [0, 0.05) is 29.6 Å². The largest absolute Gasteiger partial charge is 0.412 e. The lowest BCUT2D eigenvalue weighted by Crippen LogP contribution is -2.42. The summed E-state index contributed by atoms with van der Waals surface area (Å²) in [6.07, 6.45) is -0.712. The summed E-state index contributed by atoms with van der Waals surface area (Å²) in [5, 5.41) is 16.5. The summed E-state index contributed by atoms with van der Waals surface area (Å²) in [6, 6.07) is 4.78. The standard InChI is InChI=1S/C12H15N5O4/c1-8(2)11(7-14-16-13)15-12(18)21-10-5-3-9(4-6-10)17(19)20/h3-6,8,11H,7H2,1-2H3,(H,15,18)/t11-/m1/s1. The topological polar surface area (TPSA) is 130 Å². The van der Waals surface area contributed by atoms with E-state index < -0.39 is 11.0 Å². The van der Waals surface area contributed by atoms with E-state index in [1.54, 1.807) is 0 Å². The number of carbonyl (C=O) groups is 1. The number of hydrogen-bond donors (Lipinski definition) is 1. The van der Waals surface area contributed by atoms with Crippen LogP contribution < -0.4 is 10.1 Å². The van der Waals surface area contributed by atoms with E-state index in [9.17, 15) is 14.9 Å². The van der Waals surface area contributed by atoms with Crippen LogP contribution in [0.15, 0.2) is 29.4 Å². The molecular weight excluding hydrogens is 278 g/mol. The molecule has 9 nitrogen and oxygen atoms in total. The van der Waals surface area contributed by atoms with Crippen molar-refractivity contribution in [1.82, 2.24) is 5.32 Å². The fraction of sp³-hybridized carbons (Fsp3) is 0.417. The maximum atomic E-state index is 11.7. The summed E-state index contributed by atoms with van der Waals surface area (Å²) in [5.41, 5.74) is 8.20. The number of amides is 1. The number of nitrogens with one attached hydrogen (secondary N) is 1. The third-order valence-electron chi connectivity index (χ3n) is 2.71. The van der Waals surface area contributed by atoms with Gasteiger partial charge in [0.15, 0.2) is 0 Å². The Morgan fingerprint density at radius 2 is 2.10 bits per heavy atom. The molecule has 0 spiro atoms. The van der Waals surface area contributed by atoms with Gasteiger partial charge < -0.3 is 10.1 Å². The number of hydrogen-bond acceptors (Lipinski definition) is 5. The zero-order valence-corrected chi connectivity index (χ0v) is 11.6. The molecule has 0 saturated heterocycles. The number of rotatable bonds is 6. The van der Waals surface area contributed by atoms with E-state index in [1.165, 1.54) is 24.3 Å². The Kier molecular flexibility index (Phi) is 5.97. The van der Waals surface area contributed by atoms with Gasteiger partial charge in [0.05, 0.1) is 4.92 Å². The average Bonchev–Trinajstić information content (AvgIpc) is 2.43. The van der Waals surface area contributed by atoms with Crippen molar-refractivity contribution in [3.8, 4) is 5.75 Å². The Balaban J connectivity index is 2.62. The fourth-order valence-corrected chi connectivity index (χ4v) is 1.47. The van der Waals surface area contributed by atoms with Crippen LogP contribution >= 0.6 is 0 Å². The molecular formula is C12H15N5O4. The van der Waals surface area contributed by atoms with Crippen LogP contribution in [0.5, 0.6) is 5.75 Å². The van der Waals surface area contributed by atoms with E-state index >= 15 is 0 Å². The van der Waals surface area contributed by atoms with Crippen molar-refractivity contribution in [1.29, 1.82) is 0 Å². The third-order valence-corrected chi connectivity index (χ3v) is 2.71. The van der Waals surface area contributed by atoms with Gasteiger partial charge in [0.2, 0.25) is 0 Å². The van der Waals surface area contributed by atoms with Crippen LogP contribution in [0.1, 0.15) is 13.8 Å². The first-order valence-corrected chi connectivity index (χ1v) is 6.17. The second kappa shape index (κ2) is 7.71. The predicted octanol–water partition coefficient (Wildman–Crippen LogP) is 3.02. The van der Waals surface area contributed by atoms with Crippen molar-refractivity contribution in [3.63, 3.8) is 0 Å². The first-order chi connectivity index (χ1) is 9.93. The second-order valence-corrected chi connectivity index (χ2v) is 4.55. The SMILES string of the molecule is CC(C)[C@@H](CN=[N+]=[N-])NC(=O)Oc1ccc([N+](=O)[O-])cc1. The van der Waals surface area contributed by atoms with Gasteiger partial charge in [-0.25, -0.2) is 4.79 Å². The summed E-state index contributed by atoms with van der Waals surface area (Å²) >= 11 is 0. The van der Waals surface area contributed by atoms with Crippen molar-refractivity contribution >= 4 is 11.8 Å². The lowest BCUT2D eigenvalue weighted by molar-refractivity contribution is -0.384. The Morgan fingerprint density at radius 3 is 2.57 bits per heavy atom. The van der Waals surface area contributed by atoms with Crippen molar-refractivity contribution in [2.24, 2.45) is 11.0 Å². The maximum Gasteiger partial charge on any atom is 0.412 e. The smallest absolute Gasteiger partial charge is 0.410 e. The van der Waals surface area contributed by atoms with Gasteiger partial charge in [0.1, 0.15) is 5.75 Å². The molecule has 0 aliphatic rings. The Bertz CT molecular complexity index is 551. The number of carbonyl (C=O) groups excluding carboxylic acids is 1. The summed E-state index contributed by atoms with van der Waals surface area (Å²) in [5.74, 6) is 0.240. The van der Waals surface area contributed by atoms with Gasteiger partial charge >= 0.3 is 6.09 Å². The molecule has 1 amide bonds. The highest BCUT2D eigenvalue weighted by molar-refractivity contribution is 5.70. The minimum Gasteiger partial charge on any atom is -0.410 e. The molecule has 0 fully saturated rings. The predicted molar refractivity (Wildman–Crippen MR) is 74.9 cm³/mol. The second-order valence-electron chi connectivity index (χ2n) is 4.55. The molecule has 0 bridgehead atoms. The first-order valence-electron chi connectivity index (χ1n) is 6.17. The highest BCUT2D eigenvalue weighted by atomic mass is 16.6. The van der Waals surface area contributed by atoms with E-state index in [0.29, 0.717) is 0 Å². The Labute approximate surface area is 120 Å². The number of non-ortho nitro benzene ring substituents is 1. The first kappa shape index (κ1) is 16.3. The quantitative estimate of drug-likeness (QED) is 0.284. The van der Waals surface area contributed by atoms with Gasteiger partial charge in [-0.15, -0.1) is 0 Å². The molecule has 1 aromatic rings. The van der Waals surface area contributed by atoms with Crippen molar-refractivity contribution in [2.45, 2.75) is 19.9 Å².